The van der Waals surface area contributed by atoms with Gasteiger partial charge in [-0.25, -0.2) is 9.59 Å². The monoisotopic (exact) mass is 278 g/mol. The summed E-state index contributed by atoms with van der Waals surface area (Å²) in [6.07, 6.45) is 2.92. The Hall–Kier alpha value is -2.24. The second-order valence-electron chi connectivity index (χ2n) is 4.86. The first kappa shape index (κ1) is 14.2. The highest BCUT2D eigenvalue weighted by Gasteiger charge is 2.27. The Balaban J connectivity index is 2.08. The summed E-state index contributed by atoms with van der Waals surface area (Å²) < 4.78 is 0. The average Bonchev–Trinajstić information content (AvgIpc) is 2.86. The zero-order valence-electron chi connectivity index (χ0n) is 11.3. The Morgan fingerprint density at radius 2 is 2.20 bits per heavy atom. The Labute approximate surface area is 117 Å². The molecular weight excluding hydrogens is 260 g/mol. The number of anilines is 1. The van der Waals surface area contributed by atoms with Crippen molar-refractivity contribution in [2.75, 3.05) is 11.9 Å². The third-order valence-electron chi connectivity index (χ3n) is 3.59. The van der Waals surface area contributed by atoms with Gasteiger partial charge < -0.3 is 20.4 Å². The van der Waals surface area contributed by atoms with Gasteiger partial charge in [0.05, 0.1) is 0 Å². The van der Waals surface area contributed by atoms with E-state index >= 15 is 0 Å². The average molecular weight is 278 g/mol. The summed E-state index contributed by atoms with van der Waals surface area (Å²) in [5, 5.41) is 21.1. The molecule has 1 heterocycles. The number of carbonyl (C=O) groups is 2. The second-order valence-corrected chi connectivity index (χ2v) is 4.86. The zero-order valence-corrected chi connectivity index (χ0v) is 11.3. The van der Waals surface area contributed by atoms with Crippen LogP contribution < -0.4 is 5.32 Å². The van der Waals surface area contributed by atoms with Gasteiger partial charge in [0.1, 0.15) is 11.3 Å². The number of likely N-dealkylation sites (tertiary alicyclic amines) is 1. The van der Waals surface area contributed by atoms with Crippen molar-refractivity contribution in [3.63, 3.8) is 0 Å². The number of carboxylic acids is 1. The van der Waals surface area contributed by atoms with Crippen molar-refractivity contribution in [1.29, 1.82) is 0 Å². The molecule has 1 aromatic carbocycles. The van der Waals surface area contributed by atoms with Gasteiger partial charge in [0.25, 0.3) is 0 Å². The van der Waals surface area contributed by atoms with E-state index in [-0.39, 0.29) is 23.4 Å². The smallest absolute Gasteiger partial charge is 0.339 e. The Bertz CT molecular complexity index is 530. The van der Waals surface area contributed by atoms with E-state index < -0.39 is 5.97 Å². The number of hydrogen-bond acceptors (Lipinski definition) is 3. The van der Waals surface area contributed by atoms with E-state index in [0.29, 0.717) is 5.69 Å². The van der Waals surface area contributed by atoms with Crippen molar-refractivity contribution in [3.05, 3.63) is 23.8 Å². The van der Waals surface area contributed by atoms with Gasteiger partial charge in [-0.15, -0.1) is 0 Å². The Morgan fingerprint density at radius 1 is 1.45 bits per heavy atom. The lowest BCUT2D eigenvalue weighted by atomic mass is 10.1. The fourth-order valence-electron chi connectivity index (χ4n) is 2.51. The van der Waals surface area contributed by atoms with Crippen LogP contribution in [0, 0.1) is 0 Å². The fourth-order valence-corrected chi connectivity index (χ4v) is 2.51. The van der Waals surface area contributed by atoms with E-state index in [9.17, 15) is 14.7 Å². The molecule has 0 aromatic heterocycles. The highest BCUT2D eigenvalue weighted by molar-refractivity contribution is 5.94. The van der Waals surface area contributed by atoms with Gasteiger partial charge in [0.15, 0.2) is 0 Å². The van der Waals surface area contributed by atoms with Gasteiger partial charge in [-0.05, 0) is 31.4 Å². The first-order valence-electron chi connectivity index (χ1n) is 6.67. The van der Waals surface area contributed by atoms with Gasteiger partial charge >= 0.3 is 12.0 Å². The predicted molar refractivity (Wildman–Crippen MR) is 74.1 cm³/mol. The van der Waals surface area contributed by atoms with E-state index in [2.05, 4.69) is 5.32 Å². The van der Waals surface area contributed by atoms with Crippen LogP contribution in [-0.2, 0) is 0 Å². The van der Waals surface area contributed by atoms with Gasteiger partial charge in [-0.3, -0.25) is 0 Å². The highest BCUT2D eigenvalue weighted by atomic mass is 16.4. The van der Waals surface area contributed by atoms with E-state index in [1.54, 1.807) is 4.90 Å². The van der Waals surface area contributed by atoms with Crippen LogP contribution in [0.3, 0.4) is 0 Å². The number of aromatic hydroxyl groups is 1. The minimum Gasteiger partial charge on any atom is -0.507 e. The van der Waals surface area contributed by atoms with Crippen LogP contribution in [0.25, 0.3) is 0 Å². The number of benzene rings is 1. The minimum atomic E-state index is -1.20. The number of nitrogens with one attached hydrogen (secondary N) is 1. The molecule has 1 aliphatic rings. The van der Waals surface area contributed by atoms with Crippen LogP contribution in [0.5, 0.6) is 5.75 Å². The molecular formula is C14H18N2O4. The molecule has 6 heteroatoms. The molecule has 1 saturated heterocycles. The van der Waals surface area contributed by atoms with Crippen LogP contribution in [-0.4, -0.2) is 39.7 Å². The quantitative estimate of drug-likeness (QED) is 0.792. The molecule has 1 atom stereocenters. The number of rotatable bonds is 3. The summed E-state index contributed by atoms with van der Waals surface area (Å²) in [5.74, 6) is -1.56. The molecule has 1 fully saturated rings. The molecule has 0 spiro atoms. The van der Waals surface area contributed by atoms with Crippen LogP contribution in [0.4, 0.5) is 10.5 Å². The topological polar surface area (TPSA) is 89.9 Å². The van der Waals surface area contributed by atoms with Gasteiger partial charge in [-0.1, -0.05) is 6.92 Å². The SMILES string of the molecule is CCC1CCCN1C(=O)Nc1ccc(C(=O)O)c(O)c1. The maximum Gasteiger partial charge on any atom is 0.339 e. The first-order valence-corrected chi connectivity index (χ1v) is 6.67. The molecule has 2 amide bonds. The van der Waals surface area contributed by atoms with Crippen molar-refractivity contribution < 1.29 is 19.8 Å². The summed E-state index contributed by atoms with van der Waals surface area (Å²) in [6.45, 7) is 2.77. The number of phenols is 1. The van der Waals surface area contributed by atoms with E-state index in [1.165, 1.54) is 18.2 Å². The van der Waals surface area contributed by atoms with E-state index in [1.807, 2.05) is 6.92 Å². The normalized spacial score (nSPS) is 18.1. The molecule has 0 aliphatic carbocycles. The van der Waals surface area contributed by atoms with Gasteiger partial charge in [0.2, 0.25) is 0 Å². The number of urea groups is 1. The Morgan fingerprint density at radius 3 is 2.80 bits per heavy atom. The van der Waals surface area contributed by atoms with Crippen molar-refractivity contribution in [3.8, 4) is 5.75 Å². The van der Waals surface area contributed by atoms with Crippen molar-refractivity contribution in [2.24, 2.45) is 0 Å². The number of aromatic carboxylic acids is 1. The van der Waals surface area contributed by atoms with Crippen LogP contribution in [0.2, 0.25) is 0 Å². The van der Waals surface area contributed by atoms with Crippen molar-refractivity contribution >= 4 is 17.7 Å². The molecule has 2 rings (SSSR count). The zero-order chi connectivity index (χ0) is 14.7. The predicted octanol–water partition coefficient (Wildman–Crippen LogP) is 2.50. The van der Waals surface area contributed by atoms with E-state index in [0.717, 1.165) is 25.8 Å². The maximum absolute atomic E-state index is 12.1. The number of carbonyl (C=O) groups excluding carboxylic acids is 1. The third-order valence-corrected chi connectivity index (χ3v) is 3.59. The maximum atomic E-state index is 12.1. The third kappa shape index (κ3) is 2.84. The van der Waals surface area contributed by atoms with Crippen molar-refractivity contribution in [1.82, 2.24) is 4.90 Å². The van der Waals surface area contributed by atoms with Gasteiger partial charge in [-0.2, -0.15) is 0 Å². The molecule has 3 N–H and O–H groups in total. The largest absolute Gasteiger partial charge is 0.507 e. The van der Waals surface area contributed by atoms with Gasteiger partial charge in [0, 0.05) is 24.3 Å². The summed E-state index contributed by atoms with van der Waals surface area (Å²) in [5.41, 5.74) is 0.204. The highest BCUT2D eigenvalue weighted by Crippen LogP contribution is 2.24. The number of amides is 2. The molecule has 1 aromatic rings. The summed E-state index contributed by atoms with van der Waals surface area (Å²) in [7, 11) is 0. The molecule has 0 bridgehead atoms. The molecule has 6 nitrogen and oxygen atoms in total. The number of hydrogen-bond donors (Lipinski definition) is 3. The molecule has 0 saturated carbocycles. The minimum absolute atomic E-state index is 0.185. The molecule has 20 heavy (non-hydrogen) atoms. The molecule has 0 radical (unpaired) electrons. The lowest BCUT2D eigenvalue weighted by Gasteiger charge is -2.24. The summed E-state index contributed by atoms with van der Waals surface area (Å²) in [4.78, 5) is 24.7. The number of carboxylic acid groups (broad SMARTS) is 1. The molecule has 108 valence electrons. The summed E-state index contributed by atoms with van der Waals surface area (Å²) >= 11 is 0. The lowest BCUT2D eigenvalue weighted by molar-refractivity contribution is 0.0694. The fraction of sp³-hybridized carbons (Fsp3) is 0.429. The van der Waals surface area contributed by atoms with Crippen molar-refractivity contribution in [2.45, 2.75) is 32.2 Å². The number of nitrogens with zero attached hydrogens (tertiary/aromatic N) is 1. The lowest BCUT2D eigenvalue weighted by Crippen LogP contribution is -2.38. The van der Waals surface area contributed by atoms with Crippen LogP contribution >= 0.6 is 0 Å². The standard InChI is InChI=1S/C14H18N2O4/c1-2-10-4-3-7-16(10)14(20)15-9-5-6-11(13(18)19)12(17)8-9/h5-6,8,10,17H,2-4,7H2,1H3,(H,15,20)(H,18,19). The van der Waals surface area contributed by atoms with E-state index in [4.69, 9.17) is 5.11 Å². The molecule has 1 aliphatic heterocycles. The van der Waals surface area contributed by atoms with Crippen LogP contribution in [0.15, 0.2) is 18.2 Å². The van der Waals surface area contributed by atoms with Crippen LogP contribution in [0.1, 0.15) is 36.5 Å². The molecule has 1 unspecified atom stereocenters. The Kier molecular flexibility index (Phi) is 4.12. The first-order chi connectivity index (χ1) is 9.52. The summed E-state index contributed by atoms with van der Waals surface area (Å²) in [6, 6.07) is 4.03. The second kappa shape index (κ2) is 5.81.